The van der Waals surface area contributed by atoms with E-state index < -0.39 is 0 Å². The Morgan fingerprint density at radius 2 is 2.20 bits per heavy atom. The van der Waals surface area contributed by atoms with E-state index in [1.807, 2.05) is 6.07 Å². The van der Waals surface area contributed by atoms with E-state index in [2.05, 4.69) is 10.3 Å². The number of nitro groups is 1. The molecule has 1 N–H and O–H groups in total. The van der Waals surface area contributed by atoms with Crippen molar-refractivity contribution in [2.24, 2.45) is 5.92 Å². The highest BCUT2D eigenvalue weighted by Crippen LogP contribution is 2.33. The van der Waals surface area contributed by atoms with Gasteiger partial charge in [-0.3, -0.25) is 10.1 Å². The largest absolute Gasteiger partial charge is 0.384 e. The molecule has 1 saturated carbocycles. The summed E-state index contributed by atoms with van der Waals surface area (Å²) >= 11 is 0. The molecule has 1 fully saturated rings. The van der Waals surface area contributed by atoms with Crippen molar-refractivity contribution < 1.29 is 4.92 Å². The molecule has 1 aliphatic rings. The highest BCUT2D eigenvalue weighted by atomic mass is 16.6. The highest BCUT2D eigenvalue weighted by molar-refractivity contribution is 5.96. The van der Waals surface area contributed by atoms with Crippen molar-refractivity contribution in [2.75, 3.05) is 11.9 Å². The van der Waals surface area contributed by atoms with Crippen LogP contribution < -0.4 is 5.32 Å². The van der Waals surface area contributed by atoms with Gasteiger partial charge in [0.1, 0.15) is 5.52 Å². The zero-order chi connectivity index (χ0) is 13.9. The Morgan fingerprint density at radius 3 is 2.95 bits per heavy atom. The average molecular weight is 271 g/mol. The second-order valence-corrected chi connectivity index (χ2v) is 5.30. The smallest absolute Gasteiger partial charge is 0.295 e. The Kier molecular flexibility index (Phi) is 3.50. The van der Waals surface area contributed by atoms with Gasteiger partial charge in [0.05, 0.1) is 4.92 Å². The Hall–Kier alpha value is -2.17. The van der Waals surface area contributed by atoms with E-state index in [9.17, 15) is 10.1 Å². The summed E-state index contributed by atoms with van der Waals surface area (Å²) in [5.74, 6) is 0.937. The standard InChI is InChI=1S/C15H17N3O2/c19-18(20)14-8-7-13(12-4-2-10-17-15(12)14)16-9-1-3-11-5-6-11/h2,4,7-8,10-11,16H,1,3,5-6,9H2. The lowest BCUT2D eigenvalue weighted by molar-refractivity contribution is -0.383. The van der Waals surface area contributed by atoms with Crippen LogP contribution in [0.3, 0.4) is 0 Å². The number of pyridine rings is 1. The van der Waals surface area contributed by atoms with Gasteiger partial charge in [-0.1, -0.05) is 12.8 Å². The molecule has 0 unspecified atom stereocenters. The SMILES string of the molecule is O=[N+]([O-])c1ccc(NCCCC2CC2)c2cccnc12. The third kappa shape index (κ3) is 2.71. The second kappa shape index (κ2) is 5.45. The molecular weight excluding hydrogens is 254 g/mol. The molecule has 5 heteroatoms. The van der Waals surface area contributed by atoms with E-state index >= 15 is 0 Å². The lowest BCUT2D eigenvalue weighted by Gasteiger charge is -2.09. The van der Waals surface area contributed by atoms with Crippen molar-refractivity contribution in [1.29, 1.82) is 0 Å². The fourth-order valence-electron chi connectivity index (χ4n) is 2.48. The minimum absolute atomic E-state index is 0.0594. The molecule has 1 aliphatic carbocycles. The van der Waals surface area contributed by atoms with Crippen LogP contribution in [0.4, 0.5) is 11.4 Å². The third-order valence-electron chi connectivity index (χ3n) is 3.75. The summed E-state index contributed by atoms with van der Waals surface area (Å²) in [6.45, 7) is 0.901. The second-order valence-electron chi connectivity index (χ2n) is 5.30. The molecule has 0 atom stereocenters. The molecule has 0 spiro atoms. The van der Waals surface area contributed by atoms with Crippen LogP contribution in [-0.4, -0.2) is 16.5 Å². The average Bonchev–Trinajstić information content (AvgIpc) is 3.27. The Labute approximate surface area is 117 Å². The molecule has 1 heterocycles. The number of nitrogens with one attached hydrogen (secondary N) is 1. The molecule has 0 bridgehead atoms. The maximum absolute atomic E-state index is 11.0. The molecule has 104 valence electrons. The quantitative estimate of drug-likeness (QED) is 0.493. The summed E-state index contributed by atoms with van der Waals surface area (Å²) in [4.78, 5) is 14.8. The maximum Gasteiger partial charge on any atom is 0.295 e. The van der Waals surface area contributed by atoms with E-state index in [1.165, 1.54) is 25.3 Å². The molecule has 0 saturated heterocycles. The summed E-state index contributed by atoms with van der Waals surface area (Å²) < 4.78 is 0. The number of aromatic nitrogens is 1. The van der Waals surface area contributed by atoms with Crippen molar-refractivity contribution in [3.63, 3.8) is 0 Å². The molecule has 0 radical (unpaired) electrons. The number of fused-ring (bicyclic) bond motifs is 1. The van der Waals surface area contributed by atoms with E-state index in [-0.39, 0.29) is 10.6 Å². The van der Waals surface area contributed by atoms with Gasteiger partial charge in [0.15, 0.2) is 0 Å². The molecule has 20 heavy (non-hydrogen) atoms. The Morgan fingerprint density at radius 1 is 1.35 bits per heavy atom. The van der Waals surface area contributed by atoms with E-state index in [0.29, 0.717) is 5.52 Å². The van der Waals surface area contributed by atoms with E-state index in [1.54, 1.807) is 18.3 Å². The molecule has 0 amide bonds. The van der Waals surface area contributed by atoms with Crippen LogP contribution in [0.15, 0.2) is 30.5 Å². The summed E-state index contributed by atoms with van der Waals surface area (Å²) in [5, 5.41) is 15.2. The lowest BCUT2D eigenvalue weighted by atomic mass is 10.1. The van der Waals surface area contributed by atoms with Crippen LogP contribution in [0.25, 0.3) is 10.9 Å². The van der Waals surface area contributed by atoms with Gasteiger partial charge in [0.25, 0.3) is 5.69 Å². The van der Waals surface area contributed by atoms with Crippen molar-refractivity contribution in [3.05, 3.63) is 40.6 Å². The van der Waals surface area contributed by atoms with Crippen LogP contribution in [0.5, 0.6) is 0 Å². The topological polar surface area (TPSA) is 68.1 Å². The summed E-state index contributed by atoms with van der Waals surface area (Å²) in [6, 6.07) is 6.98. The van der Waals surface area contributed by atoms with Gasteiger partial charge in [0, 0.05) is 29.9 Å². The number of anilines is 1. The first kappa shape index (κ1) is 12.8. The predicted octanol–water partition coefficient (Wildman–Crippen LogP) is 3.75. The van der Waals surface area contributed by atoms with Gasteiger partial charge in [-0.25, -0.2) is 4.98 Å². The van der Waals surface area contributed by atoms with Gasteiger partial charge in [-0.2, -0.15) is 0 Å². The molecule has 3 rings (SSSR count). The van der Waals surface area contributed by atoms with Crippen molar-refractivity contribution in [1.82, 2.24) is 4.98 Å². The third-order valence-corrected chi connectivity index (χ3v) is 3.75. The number of rotatable bonds is 6. The number of hydrogen-bond donors (Lipinski definition) is 1. The fraction of sp³-hybridized carbons (Fsp3) is 0.400. The zero-order valence-corrected chi connectivity index (χ0v) is 11.2. The first-order valence-corrected chi connectivity index (χ1v) is 7.01. The summed E-state index contributed by atoms with van der Waals surface area (Å²) in [7, 11) is 0. The van der Waals surface area contributed by atoms with E-state index in [4.69, 9.17) is 0 Å². The van der Waals surface area contributed by atoms with Crippen LogP contribution in [0, 0.1) is 16.0 Å². The normalized spacial score (nSPS) is 14.4. The molecule has 1 aromatic heterocycles. The molecule has 5 nitrogen and oxygen atoms in total. The molecule has 2 aromatic rings. The minimum atomic E-state index is -0.383. The Balaban J connectivity index is 1.79. The van der Waals surface area contributed by atoms with Crippen molar-refractivity contribution in [3.8, 4) is 0 Å². The van der Waals surface area contributed by atoms with E-state index in [0.717, 1.165) is 30.0 Å². The van der Waals surface area contributed by atoms with Crippen LogP contribution >= 0.6 is 0 Å². The number of non-ortho nitro benzene ring substituents is 1. The molecule has 0 aliphatic heterocycles. The zero-order valence-electron chi connectivity index (χ0n) is 11.2. The van der Waals surface area contributed by atoms with Crippen molar-refractivity contribution >= 4 is 22.3 Å². The number of nitrogens with zero attached hydrogens (tertiary/aromatic N) is 2. The van der Waals surface area contributed by atoms with Crippen LogP contribution in [-0.2, 0) is 0 Å². The van der Waals surface area contributed by atoms with Crippen LogP contribution in [0.1, 0.15) is 25.7 Å². The van der Waals surface area contributed by atoms with Gasteiger partial charge in [-0.15, -0.1) is 0 Å². The summed E-state index contributed by atoms with van der Waals surface area (Å²) in [6.07, 6.45) is 6.76. The summed E-state index contributed by atoms with van der Waals surface area (Å²) in [5.41, 5.74) is 1.43. The number of hydrogen-bond acceptors (Lipinski definition) is 4. The first-order valence-electron chi connectivity index (χ1n) is 7.01. The minimum Gasteiger partial charge on any atom is -0.384 e. The van der Waals surface area contributed by atoms with Crippen molar-refractivity contribution in [2.45, 2.75) is 25.7 Å². The Bertz CT molecular complexity index is 638. The van der Waals surface area contributed by atoms with Gasteiger partial charge in [-0.05, 0) is 37.0 Å². The highest BCUT2D eigenvalue weighted by Gasteiger charge is 2.20. The maximum atomic E-state index is 11.0. The monoisotopic (exact) mass is 271 g/mol. The number of benzene rings is 1. The fourth-order valence-corrected chi connectivity index (χ4v) is 2.48. The van der Waals surface area contributed by atoms with Gasteiger partial charge in [0.2, 0.25) is 0 Å². The first-order chi connectivity index (χ1) is 9.75. The lowest BCUT2D eigenvalue weighted by Crippen LogP contribution is -2.03. The van der Waals surface area contributed by atoms with Crippen LogP contribution in [0.2, 0.25) is 0 Å². The molecule has 1 aromatic carbocycles. The number of nitro benzene ring substituents is 1. The molecular formula is C15H17N3O2. The van der Waals surface area contributed by atoms with Gasteiger partial charge < -0.3 is 5.32 Å². The predicted molar refractivity (Wildman–Crippen MR) is 78.8 cm³/mol. The van der Waals surface area contributed by atoms with Gasteiger partial charge >= 0.3 is 0 Å².